The lowest BCUT2D eigenvalue weighted by Gasteiger charge is -2.42. The van der Waals surface area contributed by atoms with Crippen molar-refractivity contribution < 1.29 is 5.11 Å². The van der Waals surface area contributed by atoms with Crippen molar-refractivity contribution in [2.24, 2.45) is 0 Å². The third-order valence-corrected chi connectivity index (χ3v) is 4.75. The molecule has 0 amide bonds. The van der Waals surface area contributed by atoms with Crippen LogP contribution in [0.25, 0.3) is 11.2 Å². The van der Waals surface area contributed by atoms with Gasteiger partial charge < -0.3 is 15.0 Å². The number of aliphatic hydroxyl groups is 1. The average molecular weight is 311 g/mol. The van der Waals surface area contributed by atoms with Crippen molar-refractivity contribution in [3.05, 3.63) is 31.1 Å². The predicted octanol–water partition coefficient (Wildman–Crippen LogP) is 1.14. The van der Waals surface area contributed by atoms with E-state index in [1.165, 1.54) is 12.8 Å². The standard InChI is InChI=1S/C15H17N7O/c23-11-6-10(13(11)22-5-1-4-19-22)20-14-12-15(17-7-16-14)21(8-18-12)9-2-3-9/h1,4-5,7-11,13,23H,2-3,6H2,(H,16,17,20)/t10-,11+,13+/m0/s1. The summed E-state index contributed by atoms with van der Waals surface area (Å²) in [7, 11) is 0. The summed E-state index contributed by atoms with van der Waals surface area (Å²) >= 11 is 0. The number of fused-ring (bicyclic) bond motifs is 1. The lowest BCUT2D eigenvalue weighted by Crippen LogP contribution is -2.51. The highest BCUT2D eigenvalue weighted by Crippen LogP contribution is 2.38. The van der Waals surface area contributed by atoms with Crippen molar-refractivity contribution in [1.29, 1.82) is 0 Å². The van der Waals surface area contributed by atoms with Crippen LogP contribution in [0, 0.1) is 0 Å². The zero-order valence-corrected chi connectivity index (χ0v) is 12.4. The number of rotatable bonds is 4. The van der Waals surface area contributed by atoms with Crippen LogP contribution >= 0.6 is 0 Å². The molecule has 2 aliphatic carbocycles. The molecular weight excluding hydrogens is 294 g/mol. The minimum Gasteiger partial charge on any atom is -0.391 e. The molecule has 8 heteroatoms. The molecule has 118 valence electrons. The molecule has 0 aromatic carbocycles. The van der Waals surface area contributed by atoms with Gasteiger partial charge in [-0.15, -0.1) is 0 Å². The van der Waals surface area contributed by atoms with Crippen LogP contribution in [0.2, 0.25) is 0 Å². The summed E-state index contributed by atoms with van der Waals surface area (Å²) in [6, 6.07) is 2.39. The molecule has 2 aliphatic rings. The topological polar surface area (TPSA) is 93.7 Å². The number of aromatic nitrogens is 6. The second-order valence-electron chi connectivity index (χ2n) is 6.31. The van der Waals surface area contributed by atoms with Crippen LogP contribution in [0.3, 0.4) is 0 Å². The Morgan fingerprint density at radius 2 is 2.13 bits per heavy atom. The fraction of sp³-hybridized carbons (Fsp3) is 0.467. The van der Waals surface area contributed by atoms with Crippen molar-refractivity contribution in [1.82, 2.24) is 29.3 Å². The molecule has 2 fully saturated rings. The van der Waals surface area contributed by atoms with Gasteiger partial charge in [0, 0.05) is 18.4 Å². The Kier molecular flexibility index (Phi) is 2.69. The summed E-state index contributed by atoms with van der Waals surface area (Å²) < 4.78 is 3.93. The maximum atomic E-state index is 10.1. The van der Waals surface area contributed by atoms with E-state index in [0.717, 1.165) is 17.0 Å². The molecule has 0 spiro atoms. The minimum absolute atomic E-state index is 0.0778. The fourth-order valence-electron chi connectivity index (χ4n) is 3.33. The van der Waals surface area contributed by atoms with Gasteiger partial charge in [-0.3, -0.25) is 4.68 Å². The number of hydrogen-bond acceptors (Lipinski definition) is 6. The molecule has 0 bridgehead atoms. The molecule has 0 radical (unpaired) electrons. The second-order valence-corrected chi connectivity index (χ2v) is 6.31. The second kappa shape index (κ2) is 4.76. The summed E-state index contributed by atoms with van der Waals surface area (Å²) in [4.78, 5) is 13.2. The highest BCUT2D eigenvalue weighted by molar-refractivity contribution is 5.83. The van der Waals surface area contributed by atoms with Gasteiger partial charge in [-0.05, 0) is 25.3 Å². The van der Waals surface area contributed by atoms with Crippen molar-refractivity contribution in [3.8, 4) is 0 Å². The van der Waals surface area contributed by atoms with E-state index in [-0.39, 0.29) is 12.1 Å². The first kappa shape index (κ1) is 13.0. The number of hydrogen-bond donors (Lipinski definition) is 2. The Labute approximate surface area is 132 Å². The van der Waals surface area contributed by atoms with Crippen LogP contribution in [0.5, 0.6) is 0 Å². The van der Waals surface area contributed by atoms with Gasteiger partial charge in [-0.1, -0.05) is 0 Å². The van der Waals surface area contributed by atoms with Crippen molar-refractivity contribution in [2.45, 2.75) is 43.5 Å². The van der Waals surface area contributed by atoms with Crippen molar-refractivity contribution >= 4 is 17.0 Å². The lowest BCUT2D eigenvalue weighted by molar-refractivity contribution is 0.0133. The molecule has 23 heavy (non-hydrogen) atoms. The fourth-order valence-corrected chi connectivity index (χ4v) is 3.33. The van der Waals surface area contributed by atoms with Gasteiger partial charge >= 0.3 is 0 Å². The van der Waals surface area contributed by atoms with E-state index in [1.54, 1.807) is 17.2 Å². The van der Waals surface area contributed by atoms with E-state index in [4.69, 9.17) is 0 Å². The van der Waals surface area contributed by atoms with Gasteiger partial charge in [0.25, 0.3) is 0 Å². The number of nitrogens with zero attached hydrogens (tertiary/aromatic N) is 6. The summed E-state index contributed by atoms with van der Waals surface area (Å²) in [5.41, 5.74) is 1.67. The molecule has 0 unspecified atom stereocenters. The third kappa shape index (κ3) is 2.02. The van der Waals surface area contributed by atoms with E-state index in [0.29, 0.717) is 12.5 Å². The summed E-state index contributed by atoms with van der Waals surface area (Å²) in [6.45, 7) is 0. The normalized spacial score (nSPS) is 27.1. The van der Waals surface area contributed by atoms with Crippen molar-refractivity contribution in [2.75, 3.05) is 5.32 Å². The van der Waals surface area contributed by atoms with Crippen LogP contribution in [-0.2, 0) is 0 Å². The van der Waals surface area contributed by atoms with Gasteiger partial charge in [0.15, 0.2) is 11.5 Å². The first-order valence-corrected chi connectivity index (χ1v) is 7.92. The Morgan fingerprint density at radius 1 is 1.22 bits per heavy atom. The molecule has 8 nitrogen and oxygen atoms in total. The lowest BCUT2D eigenvalue weighted by atomic mass is 9.83. The van der Waals surface area contributed by atoms with Crippen LogP contribution in [0.4, 0.5) is 5.82 Å². The van der Waals surface area contributed by atoms with E-state index >= 15 is 0 Å². The summed E-state index contributed by atoms with van der Waals surface area (Å²) in [5, 5.41) is 17.7. The number of imidazole rings is 1. The quantitative estimate of drug-likeness (QED) is 0.750. The van der Waals surface area contributed by atoms with Crippen LogP contribution in [0.15, 0.2) is 31.1 Å². The van der Waals surface area contributed by atoms with Crippen LogP contribution < -0.4 is 5.32 Å². The van der Waals surface area contributed by atoms with Crippen LogP contribution in [-0.4, -0.2) is 46.6 Å². The Balaban J connectivity index is 1.45. The first-order chi connectivity index (χ1) is 11.3. The molecular formula is C15H17N7O. The number of aliphatic hydroxyl groups excluding tert-OH is 1. The molecule has 3 aromatic heterocycles. The van der Waals surface area contributed by atoms with Gasteiger partial charge in [0.1, 0.15) is 11.8 Å². The SMILES string of the molecule is O[C@@H]1C[C@H](Nc2ncnc3c2ncn3C2CC2)[C@H]1n1cccn1. The largest absolute Gasteiger partial charge is 0.391 e. The zero-order chi connectivity index (χ0) is 15.4. The molecule has 3 atom stereocenters. The van der Waals surface area contributed by atoms with E-state index in [2.05, 4.69) is 29.9 Å². The molecule has 5 rings (SSSR count). The minimum atomic E-state index is -0.395. The van der Waals surface area contributed by atoms with Crippen molar-refractivity contribution in [3.63, 3.8) is 0 Å². The van der Waals surface area contributed by atoms with E-state index < -0.39 is 6.10 Å². The summed E-state index contributed by atoms with van der Waals surface area (Å²) in [6.07, 6.45) is 9.67. The Hall–Kier alpha value is -2.48. The zero-order valence-electron chi connectivity index (χ0n) is 12.4. The summed E-state index contributed by atoms with van der Waals surface area (Å²) in [5.74, 6) is 0.725. The first-order valence-electron chi connectivity index (χ1n) is 7.92. The molecule has 3 heterocycles. The Bertz CT molecular complexity index is 839. The highest BCUT2D eigenvalue weighted by Gasteiger charge is 2.42. The number of anilines is 1. The van der Waals surface area contributed by atoms with Gasteiger partial charge in [0.05, 0.1) is 24.5 Å². The van der Waals surface area contributed by atoms with E-state index in [1.807, 2.05) is 18.6 Å². The highest BCUT2D eigenvalue weighted by atomic mass is 16.3. The van der Waals surface area contributed by atoms with Gasteiger partial charge in [-0.2, -0.15) is 5.10 Å². The molecule has 2 N–H and O–H groups in total. The maximum absolute atomic E-state index is 10.1. The molecule has 2 saturated carbocycles. The average Bonchev–Trinajstić information content (AvgIpc) is 3.07. The van der Waals surface area contributed by atoms with Gasteiger partial charge in [-0.25, -0.2) is 15.0 Å². The Morgan fingerprint density at radius 3 is 2.87 bits per heavy atom. The van der Waals surface area contributed by atoms with Crippen LogP contribution in [0.1, 0.15) is 31.3 Å². The maximum Gasteiger partial charge on any atom is 0.165 e. The molecule has 3 aromatic rings. The smallest absolute Gasteiger partial charge is 0.165 e. The third-order valence-electron chi connectivity index (χ3n) is 4.75. The predicted molar refractivity (Wildman–Crippen MR) is 82.9 cm³/mol. The monoisotopic (exact) mass is 311 g/mol. The number of nitrogens with one attached hydrogen (secondary N) is 1. The van der Waals surface area contributed by atoms with E-state index in [9.17, 15) is 5.11 Å². The molecule has 0 aliphatic heterocycles. The van der Waals surface area contributed by atoms with Gasteiger partial charge in [0.2, 0.25) is 0 Å². The molecule has 0 saturated heterocycles.